The van der Waals surface area contributed by atoms with E-state index in [2.05, 4.69) is 12.4 Å². The van der Waals surface area contributed by atoms with Gasteiger partial charge in [-0.2, -0.15) is 0 Å². The predicted octanol–water partition coefficient (Wildman–Crippen LogP) is 7.25. The molecule has 0 spiro atoms. The Hall–Kier alpha value is -4.31. The number of hydrogen-bond donors (Lipinski definition) is 1. The monoisotopic (exact) mass is 646 g/mol. The number of benzene rings is 2. The normalized spacial score (nSPS) is 14.3. The van der Waals surface area contributed by atoms with Crippen molar-refractivity contribution in [2.45, 2.75) is 58.3 Å². The largest absolute Gasteiger partial charge is 0.494 e. The minimum Gasteiger partial charge on any atom is -0.494 e. The minimum atomic E-state index is -0.840. The van der Waals surface area contributed by atoms with Crippen LogP contribution in [0.3, 0.4) is 0 Å². The van der Waals surface area contributed by atoms with Gasteiger partial charge >= 0.3 is 0 Å². The zero-order valence-corrected chi connectivity index (χ0v) is 28.0. The van der Waals surface area contributed by atoms with Gasteiger partial charge in [0.05, 0.1) is 44.4 Å². The standard InChI is InChI=1S/C37H45F2N5O3/c1-26-21-30(47-20-12-7-5-6-9-17-44(4)18-10-8-11-19-44)13-15-33(26)43-25-32(37(46)40-29-23-27(38)22-28(39)24-29)35(45)31-14-16-34(42(2)3)41-36(31)43/h13-16,21-25H,5-12,17-20H2,1-4H3/p+1. The van der Waals surface area contributed by atoms with Gasteiger partial charge in [0, 0.05) is 32.0 Å². The first kappa shape index (κ1) is 34.0. The summed E-state index contributed by atoms with van der Waals surface area (Å²) >= 11 is 0. The number of carbonyl (C=O) groups excluding carboxylic acids is 1. The van der Waals surface area contributed by atoms with Crippen molar-refractivity contribution in [3.63, 3.8) is 0 Å². The Labute approximate surface area is 275 Å². The molecule has 5 rings (SSSR count). The molecule has 250 valence electrons. The molecule has 10 heteroatoms. The third-order valence-corrected chi connectivity index (χ3v) is 9.09. The highest BCUT2D eigenvalue weighted by atomic mass is 19.1. The number of aromatic nitrogens is 2. The number of fused-ring (bicyclic) bond motifs is 1. The van der Waals surface area contributed by atoms with E-state index >= 15 is 0 Å². The fourth-order valence-corrected chi connectivity index (χ4v) is 6.42. The molecule has 4 aromatic rings. The molecule has 2 aromatic carbocycles. The highest BCUT2D eigenvalue weighted by Gasteiger charge is 2.24. The molecule has 1 aliphatic heterocycles. The Kier molecular flexibility index (Phi) is 10.9. The number of anilines is 2. The Morgan fingerprint density at radius 1 is 0.957 bits per heavy atom. The maximum atomic E-state index is 13.8. The van der Waals surface area contributed by atoms with E-state index in [1.807, 2.05) is 44.1 Å². The molecule has 47 heavy (non-hydrogen) atoms. The SMILES string of the molecule is Cc1cc(OCCCCCCC[N+]2(C)CCCCC2)ccc1-n1cc(C(=O)Nc2cc(F)cc(F)c2)c(=O)c2ccc(N(C)C)nc21. The summed E-state index contributed by atoms with van der Waals surface area (Å²) in [7, 11) is 6.11. The van der Waals surface area contributed by atoms with Gasteiger partial charge < -0.3 is 19.4 Å². The van der Waals surface area contributed by atoms with E-state index in [0.29, 0.717) is 29.8 Å². The second kappa shape index (κ2) is 15.1. The number of quaternary nitrogens is 1. The van der Waals surface area contributed by atoms with Crippen LogP contribution < -0.4 is 20.4 Å². The lowest BCUT2D eigenvalue weighted by Crippen LogP contribution is -2.48. The van der Waals surface area contributed by atoms with Gasteiger partial charge in [0.2, 0.25) is 5.43 Å². The molecule has 1 fully saturated rings. The van der Waals surface area contributed by atoms with E-state index in [1.54, 1.807) is 16.7 Å². The van der Waals surface area contributed by atoms with Gasteiger partial charge in [-0.05, 0) is 93.5 Å². The van der Waals surface area contributed by atoms with Crippen LogP contribution in [0.5, 0.6) is 5.75 Å². The zero-order valence-electron chi connectivity index (χ0n) is 28.0. The van der Waals surface area contributed by atoms with Crippen LogP contribution in [-0.4, -0.2) is 67.3 Å². The molecule has 0 bridgehead atoms. The summed E-state index contributed by atoms with van der Waals surface area (Å²) < 4.78 is 36.6. The van der Waals surface area contributed by atoms with Gasteiger partial charge in [-0.3, -0.25) is 14.2 Å². The smallest absolute Gasteiger partial charge is 0.261 e. The third-order valence-electron chi connectivity index (χ3n) is 9.09. The number of hydrogen-bond acceptors (Lipinski definition) is 5. The van der Waals surface area contributed by atoms with E-state index in [4.69, 9.17) is 9.72 Å². The Morgan fingerprint density at radius 2 is 1.66 bits per heavy atom. The van der Waals surface area contributed by atoms with Crippen molar-refractivity contribution in [2.24, 2.45) is 0 Å². The van der Waals surface area contributed by atoms with Crippen LogP contribution in [0.2, 0.25) is 0 Å². The molecule has 2 aromatic heterocycles. The molecule has 0 aliphatic carbocycles. The molecule has 1 aliphatic rings. The van der Waals surface area contributed by atoms with Crippen molar-refractivity contribution < 1.29 is 22.8 Å². The number of pyridine rings is 2. The van der Waals surface area contributed by atoms with Crippen molar-refractivity contribution >= 4 is 28.4 Å². The molecule has 1 N–H and O–H groups in total. The minimum absolute atomic E-state index is 0.0923. The highest BCUT2D eigenvalue weighted by Crippen LogP contribution is 2.26. The lowest BCUT2D eigenvalue weighted by atomic mass is 10.1. The Bertz CT molecular complexity index is 1760. The lowest BCUT2D eigenvalue weighted by Gasteiger charge is -2.37. The number of halogens is 2. The fraction of sp³-hybridized carbons (Fsp3) is 0.432. The number of piperidine rings is 1. The summed E-state index contributed by atoms with van der Waals surface area (Å²) in [5.41, 5.74) is 1.13. The van der Waals surface area contributed by atoms with Crippen LogP contribution in [0.25, 0.3) is 16.7 Å². The molecule has 3 heterocycles. The summed E-state index contributed by atoms with van der Waals surface area (Å²) in [5, 5.41) is 2.69. The zero-order chi connectivity index (χ0) is 33.6. The van der Waals surface area contributed by atoms with Gasteiger partial charge in [-0.25, -0.2) is 13.8 Å². The molecule has 0 atom stereocenters. The second-order valence-corrected chi connectivity index (χ2v) is 13.2. The number of nitrogens with one attached hydrogen (secondary N) is 1. The molecule has 0 radical (unpaired) electrons. The number of carbonyl (C=O) groups is 1. The lowest BCUT2D eigenvalue weighted by molar-refractivity contribution is -0.914. The second-order valence-electron chi connectivity index (χ2n) is 13.2. The van der Waals surface area contributed by atoms with Gasteiger partial charge in [-0.15, -0.1) is 0 Å². The summed E-state index contributed by atoms with van der Waals surface area (Å²) in [6.45, 7) is 6.51. The summed E-state index contributed by atoms with van der Waals surface area (Å²) in [4.78, 5) is 33.4. The van der Waals surface area contributed by atoms with Gasteiger partial charge in [-0.1, -0.05) is 12.8 Å². The third kappa shape index (κ3) is 8.54. The number of unbranched alkanes of at least 4 members (excludes halogenated alkanes) is 4. The van der Waals surface area contributed by atoms with E-state index in [0.717, 1.165) is 36.3 Å². The molecule has 1 saturated heterocycles. The van der Waals surface area contributed by atoms with Crippen molar-refractivity contribution in [3.8, 4) is 11.4 Å². The molecular formula is C37H46F2N5O3+. The summed E-state index contributed by atoms with van der Waals surface area (Å²) in [5.74, 6) is -1.08. The first-order valence-electron chi connectivity index (χ1n) is 16.6. The topological polar surface area (TPSA) is 76.5 Å². The van der Waals surface area contributed by atoms with Gasteiger partial charge in [0.1, 0.15) is 28.8 Å². The van der Waals surface area contributed by atoms with E-state index in [-0.39, 0.29) is 16.6 Å². The van der Waals surface area contributed by atoms with Crippen LogP contribution in [0, 0.1) is 18.6 Å². The molecular weight excluding hydrogens is 600 g/mol. The average molecular weight is 647 g/mol. The highest BCUT2D eigenvalue weighted by molar-refractivity contribution is 6.05. The molecule has 1 amide bonds. The molecule has 0 unspecified atom stereocenters. The number of likely N-dealkylation sites (tertiary alicyclic amines) is 1. The van der Waals surface area contributed by atoms with E-state index < -0.39 is 23.0 Å². The van der Waals surface area contributed by atoms with Crippen molar-refractivity contribution in [1.29, 1.82) is 0 Å². The van der Waals surface area contributed by atoms with E-state index in [9.17, 15) is 18.4 Å². The fourth-order valence-electron chi connectivity index (χ4n) is 6.42. The number of nitrogens with zero attached hydrogens (tertiary/aromatic N) is 4. The number of amides is 1. The average Bonchev–Trinajstić information content (AvgIpc) is 3.02. The first-order valence-corrected chi connectivity index (χ1v) is 16.6. The summed E-state index contributed by atoms with van der Waals surface area (Å²) in [6, 6.07) is 11.7. The van der Waals surface area contributed by atoms with Gasteiger partial charge in [0.25, 0.3) is 5.91 Å². The van der Waals surface area contributed by atoms with Crippen LogP contribution >= 0.6 is 0 Å². The van der Waals surface area contributed by atoms with Crippen molar-refractivity contribution in [2.75, 3.05) is 57.6 Å². The van der Waals surface area contributed by atoms with Crippen molar-refractivity contribution in [1.82, 2.24) is 9.55 Å². The summed E-state index contributed by atoms with van der Waals surface area (Å²) in [6.07, 6.45) is 11.4. The van der Waals surface area contributed by atoms with Gasteiger partial charge in [0.15, 0.2) is 5.65 Å². The quantitative estimate of drug-likeness (QED) is 0.122. The number of ether oxygens (including phenoxy) is 1. The van der Waals surface area contributed by atoms with E-state index in [1.165, 1.54) is 68.8 Å². The maximum absolute atomic E-state index is 13.8. The first-order chi connectivity index (χ1) is 22.5. The molecule has 8 nitrogen and oxygen atoms in total. The molecule has 0 saturated carbocycles. The van der Waals surface area contributed by atoms with Crippen molar-refractivity contribution in [3.05, 3.63) is 87.7 Å². The Balaban J connectivity index is 1.29. The predicted molar refractivity (Wildman–Crippen MR) is 184 cm³/mol. The van der Waals surface area contributed by atoms with Crippen LogP contribution in [0.4, 0.5) is 20.3 Å². The van der Waals surface area contributed by atoms with Crippen LogP contribution in [-0.2, 0) is 0 Å². The maximum Gasteiger partial charge on any atom is 0.261 e. The van der Waals surface area contributed by atoms with Crippen LogP contribution in [0.1, 0.15) is 67.3 Å². The van der Waals surface area contributed by atoms with Crippen LogP contribution in [0.15, 0.2) is 59.5 Å². The Morgan fingerprint density at radius 3 is 2.36 bits per heavy atom. The number of aryl methyl sites for hydroxylation is 1. The number of rotatable bonds is 13.